The van der Waals surface area contributed by atoms with Crippen molar-refractivity contribution in [3.63, 3.8) is 0 Å². The third-order valence-corrected chi connectivity index (χ3v) is 6.23. The highest BCUT2D eigenvalue weighted by Gasteiger charge is 2.32. The summed E-state index contributed by atoms with van der Waals surface area (Å²) in [4.78, 5) is 32.5. The van der Waals surface area contributed by atoms with Gasteiger partial charge in [-0.2, -0.15) is 0 Å². The number of pyridine rings is 1. The van der Waals surface area contributed by atoms with Gasteiger partial charge in [-0.3, -0.25) is 14.6 Å². The van der Waals surface area contributed by atoms with Crippen LogP contribution in [0.2, 0.25) is 5.02 Å². The number of rotatable bonds is 5. The monoisotopic (exact) mass is 430 g/mol. The molecule has 2 atom stereocenters. The van der Waals surface area contributed by atoms with Gasteiger partial charge in [-0.15, -0.1) is 0 Å². The fourth-order valence-corrected chi connectivity index (χ4v) is 4.54. The van der Waals surface area contributed by atoms with Crippen molar-refractivity contribution < 1.29 is 14.3 Å². The second-order valence-corrected chi connectivity index (χ2v) is 8.39. The van der Waals surface area contributed by atoms with Crippen LogP contribution >= 0.6 is 11.6 Å². The van der Waals surface area contributed by atoms with Crippen molar-refractivity contribution in [2.75, 3.05) is 13.2 Å². The van der Waals surface area contributed by atoms with Gasteiger partial charge in [0.2, 0.25) is 0 Å². The van der Waals surface area contributed by atoms with Crippen molar-refractivity contribution in [2.24, 2.45) is 0 Å². The van der Waals surface area contributed by atoms with E-state index < -0.39 is 0 Å². The number of nitrogens with one attached hydrogen (secondary N) is 1. The summed E-state index contributed by atoms with van der Waals surface area (Å²) in [6.07, 6.45) is 6.00. The van der Waals surface area contributed by atoms with Crippen LogP contribution in [0.3, 0.4) is 0 Å². The van der Waals surface area contributed by atoms with E-state index in [4.69, 9.17) is 16.3 Å². The molecule has 0 aliphatic carbocycles. The van der Waals surface area contributed by atoms with Crippen LogP contribution in [0.15, 0.2) is 24.5 Å². The molecule has 0 aromatic carbocycles. The van der Waals surface area contributed by atoms with E-state index >= 15 is 0 Å². The summed E-state index contributed by atoms with van der Waals surface area (Å²) < 4.78 is 7.56. The van der Waals surface area contributed by atoms with Crippen LogP contribution in [0.5, 0.6) is 0 Å². The van der Waals surface area contributed by atoms with Crippen molar-refractivity contribution in [2.45, 2.75) is 58.3 Å². The molecule has 7 nitrogen and oxygen atoms in total. The van der Waals surface area contributed by atoms with E-state index in [0.717, 1.165) is 30.6 Å². The van der Waals surface area contributed by atoms with E-state index in [-0.39, 0.29) is 23.9 Å². The minimum Gasteiger partial charge on any atom is -0.373 e. The molecule has 0 spiro atoms. The molecule has 2 aromatic rings. The van der Waals surface area contributed by atoms with Gasteiger partial charge >= 0.3 is 0 Å². The Bertz CT molecular complexity index is 958. The van der Waals surface area contributed by atoms with E-state index in [9.17, 15) is 9.59 Å². The molecule has 8 heteroatoms. The first kappa shape index (κ1) is 20.9. The van der Waals surface area contributed by atoms with Crippen molar-refractivity contribution in [3.8, 4) is 0 Å². The Morgan fingerprint density at radius 1 is 1.33 bits per heavy atom. The molecule has 4 rings (SSSR count). The Labute approximate surface area is 181 Å². The smallest absolute Gasteiger partial charge is 0.270 e. The Morgan fingerprint density at radius 2 is 2.17 bits per heavy atom. The lowest BCUT2D eigenvalue weighted by atomic mass is 10.1. The van der Waals surface area contributed by atoms with E-state index in [1.807, 2.05) is 22.5 Å². The molecule has 2 amide bonds. The van der Waals surface area contributed by atoms with Gasteiger partial charge in [0, 0.05) is 31.5 Å². The predicted molar refractivity (Wildman–Crippen MR) is 114 cm³/mol. The van der Waals surface area contributed by atoms with E-state index in [1.54, 1.807) is 18.5 Å². The minimum absolute atomic E-state index is 0.00622. The molecule has 0 saturated carbocycles. The Hall–Kier alpha value is -2.38. The SMILES string of the molecule is CC[C@@H](NC(=O)c1cc(C(=O)N2CCC[C@@H]2C)n2c1COCC2)c1cncc(Cl)c1. The van der Waals surface area contributed by atoms with E-state index in [2.05, 4.69) is 17.2 Å². The zero-order chi connectivity index (χ0) is 21.3. The maximum Gasteiger partial charge on any atom is 0.270 e. The number of carbonyl (C=O) groups is 2. The molecule has 1 fully saturated rings. The number of hydrogen-bond acceptors (Lipinski definition) is 4. The molecule has 2 aliphatic rings. The Morgan fingerprint density at radius 3 is 2.87 bits per heavy atom. The van der Waals surface area contributed by atoms with Crippen LogP contribution in [0.25, 0.3) is 0 Å². The van der Waals surface area contributed by atoms with Gasteiger partial charge in [-0.05, 0) is 43.9 Å². The molecule has 0 bridgehead atoms. The number of fused-ring (bicyclic) bond motifs is 1. The van der Waals surface area contributed by atoms with Crippen LogP contribution in [0.1, 0.15) is 71.3 Å². The van der Waals surface area contributed by atoms with E-state index in [1.165, 1.54) is 0 Å². The number of halogens is 1. The van der Waals surface area contributed by atoms with Gasteiger partial charge in [-0.25, -0.2) is 0 Å². The molecule has 0 unspecified atom stereocenters. The highest BCUT2D eigenvalue weighted by Crippen LogP contribution is 2.27. The van der Waals surface area contributed by atoms with Crippen LogP contribution in [0.4, 0.5) is 0 Å². The third kappa shape index (κ3) is 3.96. The highest BCUT2D eigenvalue weighted by atomic mass is 35.5. The van der Waals surface area contributed by atoms with Gasteiger partial charge in [0.25, 0.3) is 11.8 Å². The maximum absolute atomic E-state index is 13.2. The molecule has 1 saturated heterocycles. The van der Waals surface area contributed by atoms with Crippen LogP contribution < -0.4 is 5.32 Å². The molecule has 2 aromatic heterocycles. The zero-order valence-electron chi connectivity index (χ0n) is 17.4. The average molecular weight is 431 g/mol. The molecule has 30 heavy (non-hydrogen) atoms. The largest absolute Gasteiger partial charge is 0.373 e. The van der Waals surface area contributed by atoms with Gasteiger partial charge < -0.3 is 19.5 Å². The van der Waals surface area contributed by atoms with Crippen LogP contribution in [-0.4, -0.2) is 45.5 Å². The van der Waals surface area contributed by atoms with Crippen molar-refractivity contribution in [1.82, 2.24) is 19.8 Å². The summed E-state index contributed by atoms with van der Waals surface area (Å²) in [5, 5.41) is 3.61. The number of amides is 2. The molecule has 160 valence electrons. The summed E-state index contributed by atoms with van der Waals surface area (Å²) in [7, 11) is 0. The summed E-state index contributed by atoms with van der Waals surface area (Å²) >= 11 is 6.07. The second kappa shape index (κ2) is 8.78. The number of aromatic nitrogens is 2. The first-order valence-corrected chi connectivity index (χ1v) is 10.9. The summed E-state index contributed by atoms with van der Waals surface area (Å²) in [6, 6.07) is 3.54. The maximum atomic E-state index is 13.2. The lowest BCUT2D eigenvalue weighted by molar-refractivity contribution is 0.0683. The van der Waals surface area contributed by atoms with Crippen LogP contribution in [0, 0.1) is 0 Å². The zero-order valence-corrected chi connectivity index (χ0v) is 18.1. The lowest BCUT2D eigenvalue weighted by Crippen LogP contribution is -2.35. The Kier molecular flexibility index (Phi) is 6.11. The second-order valence-electron chi connectivity index (χ2n) is 7.95. The van der Waals surface area contributed by atoms with E-state index in [0.29, 0.717) is 42.5 Å². The van der Waals surface area contributed by atoms with Crippen molar-refractivity contribution in [3.05, 3.63) is 52.1 Å². The third-order valence-electron chi connectivity index (χ3n) is 6.03. The summed E-state index contributed by atoms with van der Waals surface area (Å²) in [5.41, 5.74) is 2.68. The number of ether oxygens (including phenoxy) is 1. The minimum atomic E-state index is -0.221. The molecule has 0 radical (unpaired) electrons. The number of nitrogens with zero attached hydrogens (tertiary/aromatic N) is 3. The standard InChI is InChI=1S/C22H27ClN4O3/c1-3-18(15-9-16(23)12-24-11-15)25-21(28)17-10-19(27-7-8-30-13-20(17)27)22(29)26-6-4-5-14(26)2/h9-12,14,18H,3-8,13H2,1-2H3,(H,25,28)/t14-,18+/m0/s1. The van der Waals surface area contributed by atoms with Crippen molar-refractivity contribution >= 4 is 23.4 Å². The normalized spacial score (nSPS) is 19.4. The fraction of sp³-hybridized carbons (Fsp3) is 0.500. The summed E-state index contributed by atoms with van der Waals surface area (Å²) in [5.74, 6) is -0.224. The van der Waals surface area contributed by atoms with Gasteiger partial charge in [-0.1, -0.05) is 18.5 Å². The van der Waals surface area contributed by atoms with Gasteiger partial charge in [0.15, 0.2) is 0 Å². The van der Waals surface area contributed by atoms with Crippen LogP contribution in [-0.2, 0) is 17.9 Å². The molecular formula is C22H27ClN4O3. The first-order valence-electron chi connectivity index (χ1n) is 10.5. The molecule has 4 heterocycles. The average Bonchev–Trinajstić information content (AvgIpc) is 3.35. The fourth-order valence-electron chi connectivity index (χ4n) is 4.36. The lowest BCUT2D eigenvalue weighted by Gasteiger charge is -2.24. The quantitative estimate of drug-likeness (QED) is 0.786. The molecule has 2 aliphatic heterocycles. The van der Waals surface area contributed by atoms with Gasteiger partial charge in [0.1, 0.15) is 5.69 Å². The highest BCUT2D eigenvalue weighted by molar-refractivity contribution is 6.30. The topological polar surface area (TPSA) is 76.5 Å². The summed E-state index contributed by atoms with van der Waals surface area (Å²) in [6.45, 7) is 6.26. The number of likely N-dealkylation sites (tertiary alicyclic amines) is 1. The Balaban J connectivity index is 1.62. The number of hydrogen-bond donors (Lipinski definition) is 1. The number of carbonyl (C=O) groups excluding carboxylic acids is 2. The van der Waals surface area contributed by atoms with Crippen molar-refractivity contribution in [1.29, 1.82) is 0 Å². The predicted octanol–water partition coefficient (Wildman–Crippen LogP) is 3.57. The van der Waals surface area contributed by atoms with Gasteiger partial charge in [0.05, 0.1) is 35.5 Å². The molecular weight excluding hydrogens is 404 g/mol. The molecule has 1 N–H and O–H groups in total. The first-order chi connectivity index (χ1) is 14.5.